The van der Waals surface area contributed by atoms with Gasteiger partial charge in [0.05, 0.1) is 14.2 Å². The molecule has 32 heavy (non-hydrogen) atoms. The zero-order chi connectivity index (χ0) is 22.3. The maximum absolute atomic E-state index is 12.9. The van der Waals surface area contributed by atoms with E-state index in [1.807, 2.05) is 65.6 Å². The minimum absolute atomic E-state index is 0.0872. The van der Waals surface area contributed by atoms with Crippen molar-refractivity contribution in [3.63, 3.8) is 0 Å². The Bertz CT molecular complexity index is 1030. The molecule has 4 rings (SSSR count). The summed E-state index contributed by atoms with van der Waals surface area (Å²) in [5.74, 6) is 1.51. The monoisotopic (exact) mass is 431 g/mol. The number of rotatable bonds is 7. The molecule has 1 heterocycles. The molecule has 1 fully saturated rings. The van der Waals surface area contributed by atoms with Gasteiger partial charge < -0.3 is 24.6 Å². The summed E-state index contributed by atoms with van der Waals surface area (Å²) in [6.07, 6.45) is 0. The van der Waals surface area contributed by atoms with Gasteiger partial charge in [0.15, 0.2) is 11.5 Å². The number of amides is 1. The molecule has 6 heteroatoms. The molecule has 0 radical (unpaired) electrons. The smallest absolute Gasteiger partial charge is 0.253 e. The van der Waals surface area contributed by atoms with E-state index >= 15 is 0 Å². The van der Waals surface area contributed by atoms with E-state index < -0.39 is 0 Å². The third-order valence-corrected chi connectivity index (χ3v) is 5.76. The van der Waals surface area contributed by atoms with Crippen LogP contribution in [-0.2, 0) is 6.54 Å². The second-order valence-corrected chi connectivity index (χ2v) is 7.74. The quantitative estimate of drug-likeness (QED) is 0.605. The van der Waals surface area contributed by atoms with Crippen LogP contribution in [0.15, 0.2) is 72.8 Å². The van der Waals surface area contributed by atoms with Crippen LogP contribution in [0.4, 0.5) is 11.4 Å². The van der Waals surface area contributed by atoms with Crippen molar-refractivity contribution in [2.24, 2.45) is 0 Å². The van der Waals surface area contributed by atoms with E-state index in [2.05, 4.69) is 22.3 Å². The van der Waals surface area contributed by atoms with Gasteiger partial charge in [-0.15, -0.1) is 0 Å². The minimum atomic E-state index is 0.0872. The maximum atomic E-state index is 12.9. The second kappa shape index (κ2) is 10.1. The third-order valence-electron chi connectivity index (χ3n) is 5.76. The predicted octanol–water partition coefficient (Wildman–Crippen LogP) is 4.28. The van der Waals surface area contributed by atoms with Gasteiger partial charge in [-0.05, 0) is 54.1 Å². The highest BCUT2D eigenvalue weighted by Crippen LogP contribution is 2.28. The molecule has 1 aliphatic heterocycles. The maximum Gasteiger partial charge on any atom is 0.253 e. The molecular formula is C26H29N3O3. The van der Waals surface area contributed by atoms with E-state index in [9.17, 15) is 4.79 Å². The number of anilines is 2. The Morgan fingerprint density at radius 2 is 1.53 bits per heavy atom. The Hall–Kier alpha value is -3.67. The number of carbonyl (C=O) groups excluding carboxylic acids is 1. The topological polar surface area (TPSA) is 54.0 Å². The predicted molar refractivity (Wildman–Crippen MR) is 128 cm³/mol. The summed E-state index contributed by atoms with van der Waals surface area (Å²) in [5, 5.41) is 3.39. The van der Waals surface area contributed by atoms with Crippen molar-refractivity contribution in [1.82, 2.24) is 4.90 Å². The standard InChI is InChI=1S/C26H29N3O3/c1-31-24-13-8-20(18-25(24)32-2)19-27-22-11-9-21(10-12-22)26(30)29-16-14-28(15-17-29)23-6-4-3-5-7-23/h3-13,18,27H,14-17,19H2,1-2H3. The first kappa shape index (κ1) is 21.6. The van der Waals surface area contributed by atoms with Crippen LogP contribution < -0.4 is 19.7 Å². The van der Waals surface area contributed by atoms with Gasteiger partial charge in [-0.2, -0.15) is 0 Å². The molecule has 1 N–H and O–H groups in total. The molecule has 1 aliphatic rings. The zero-order valence-electron chi connectivity index (χ0n) is 18.6. The van der Waals surface area contributed by atoms with Crippen LogP contribution in [0.5, 0.6) is 11.5 Å². The van der Waals surface area contributed by atoms with Crippen LogP contribution >= 0.6 is 0 Å². The van der Waals surface area contributed by atoms with E-state index in [4.69, 9.17) is 9.47 Å². The van der Waals surface area contributed by atoms with E-state index in [0.717, 1.165) is 43.0 Å². The lowest BCUT2D eigenvalue weighted by atomic mass is 10.1. The van der Waals surface area contributed by atoms with Gasteiger partial charge >= 0.3 is 0 Å². The van der Waals surface area contributed by atoms with Crippen molar-refractivity contribution < 1.29 is 14.3 Å². The van der Waals surface area contributed by atoms with Crippen LogP contribution in [0.1, 0.15) is 15.9 Å². The molecule has 0 aliphatic carbocycles. The first-order chi connectivity index (χ1) is 15.7. The zero-order valence-corrected chi connectivity index (χ0v) is 18.6. The number of nitrogens with one attached hydrogen (secondary N) is 1. The van der Waals surface area contributed by atoms with Gasteiger partial charge in [0, 0.05) is 49.7 Å². The highest BCUT2D eigenvalue weighted by Gasteiger charge is 2.22. The average Bonchev–Trinajstić information content (AvgIpc) is 2.87. The molecule has 0 aromatic heterocycles. The molecular weight excluding hydrogens is 402 g/mol. The second-order valence-electron chi connectivity index (χ2n) is 7.74. The largest absolute Gasteiger partial charge is 0.493 e. The molecule has 0 saturated carbocycles. The van der Waals surface area contributed by atoms with Gasteiger partial charge in [0.1, 0.15) is 0 Å². The number of piperazine rings is 1. The molecule has 3 aromatic rings. The summed E-state index contributed by atoms with van der Waals surface area (Å²) in [7, 11) is 3.26. The van der Waals surface area contributed by atoms with Gasteiger partial charge in [0.25, 0.3) is 5.91 Å². The number of hydrogen-bond acceptors (Lipinski definition) is 5. The summed E-state index contributed by atoms with van der Waals surface area (Å²) < 4.78 is 10.6. The van der Waals surface area contributed by atoms with E-state index in [0.29, 0.717) is 18.0 Å². The summed E-state index contributed by atoms with van der Waals surface area (Å²) >= 11 is 0. The Morgan fingerprint density at radius 1 is 0.844 bits per heavy atom. The Balaban J connectivity index is 1.31. The highest BCUT2D eigenvalue weighted by molar-refractivity contribution is 5.94. The first-order valence-corrected chi connectivity index (χ1v) is 10.8. The number of para-hydroxylation sites is 1. The lowest BCUT2D eigenvalue weighted by Gasteiger charge is -2.36. The lowest BCUT2D eigenvalue weighted by Crippen LogP contribution is -2.48. The summed E-state index contributed by atoms with van der Waals surface area (Å²) in [5.41, 5.74) is 3.98. The van der Waals surface area contributed by atoms with Crippen LogP contribution in [-0.4, -0.2) is 51.2 Å². The fourth-order valence-corrected chi connectivity index (χ4v) is 3.91. The van der Waals surface area contributed by atoms with E-state index in [-0.39, 0.29) is 5.91 Å². The Kier molecular flexibility index (Phi) is 6.80. The summed E-state index contributed by atoms with van der Waals surface area (Å²) in [6, 6.07) is 23.9. The van der Waals surface area contributed by atoms with Crippen molar-refractivity contribution in [3.05, 3.63) is 83.9 Å². The summed E-state index contributed by atoms with van der Waals surface area (Å²) in [4.78, 5) is 17.2. The van der Waals surface area contributed by atoms with Crippen molar-refractivity contribution in [3.8, 4) is 11.5 Å². The molecule has 0 bridgehead atoms. The van der Waals surface area contributed by atoms with Crippen molar-refractivity contribution >= 4 is 17.3 Å². The average molecular weight is 432 g/mol. The van der Waals surface area contributed by atoms with E-state index in [1.54, 1.807) is 14.2 Å². The van der Waals surface area contributed by atoms with Crippen molar-refractivity contribution in [1.29, 1.82) is 0 Å². The van der Waals surface area contributed by atoms with Crippen molar-refractivity contribution in [2.75, 3.05) is 50.6 Å². The van der Waals surface area contributed by atoms with Crippen molar-refractivity contribution in [2.45, 2.75) is 6.54 Å². The Labute approximate surface area is 189 Å². The molecule has 0 unspecified atom stereocenters. The van der Waals surface area contributed by atoms with Gasteiger partial charge in [-0.1, -0.05) is 24.3 Å². The molecule has 166 valence electrons. The number of ether oxygens (including phenoxy) is 2. The number of nitrogens with zero attached hydrogens (tertiary/aromatic N) is 2. The van der Waals surface area contributed by atoms with E-state index in [1.165, 1.54) is 5.69 Å². The number of methoxy groups -OCH3 is 2. The van der Waals surface area contributed by atoms with Crippen LogP contribution in [0.2, 0.25) is 0 Å². The van der Waals surface area contributed by atoms with Gasteiger partial charge in [-0.25, -0.2) is 0 Å². The lowest BCUT2D eigenvalue weighted by molar-refractivity contribution is 0.0747. The highest BCUT2D eigenvalue weighted by atomic mass is 16.5. The van der Waals surface area contributed by atoms with Gasteiger partial charge in [-0.3, -0.25) is 4.79 Å². The number of hydrogen-bond donors (Lipinski definition) is 1. The fourth-order valence-electron chi connectivity index (χ4n) is 3.91. The molecule has 1 amide bonds. The Morgan fingerprint density at radius 3 is 2.19 bits per heavy atom. The SMILES string of the molecule is COc1ccc(CNc2ccc(C(=O)N3CCN(c4ccccc4)CC3)cc2)cc1OC. The molecule has 0 spiro atoms. The molecule has 3 aromatic carbocycles. The molecule has 0 atom stereocenters. The third kappa shape index (κ3) is 4.97. The minimum Gasteiger partial charge on any atom is -0.493 e. The number of carbonyl (C=O) groups is 1. The normalized spacial score (nSPS) is 13.6. The van der Waals surface area contributed by atoms with Crippen LogP contribution in [0.25, 0.3) is 0 Å². The first-order valence-electron chi connectivity index (χ1n) is 10.8. The number of benzene rings is 3. The molecule has 6 nitrogen and oxygen atoms in total. The van der Waals surface area contributed by atoms with Crippen LogP contribution in [0.3, 0.4) is 0 Å². The molecule has 1 saturated heterocycles. The van der Waals surface area contributed by atoms with Gasteiger partial charge in [0.2, 0.25) is 0 Å². The summed E-state index contributed by atoms with van der Waals surface area (Å²) in [6.45, 7) is 3.80. The fraction of sp³-hybridized carbons (Fsp3) is 0.269. The van der Waals surface area contributed by atoms with Crippen LogP contribution in [0, 0.1) is 0 Å².